The maximum Gasteiger partial charge on any atom is 0.290 e. The fourth-order valence-electron chi connectivity index (χ4n) is 8.59. The van der Waals surface area contributed by atoms with Crippen LogP contribution in [0.4, 0.5) is 0 Å². The first-order valence-corrected chi connectivity index (χ1v) is 20.1. The van der Waals surface area contributed by atoms with E-state index in [1.807, 2.05) is 58.9 Å². The molecule has 3 fully saturated rings. The fourth-order valence-corrected chi connectivity index (χ4v) is 8.59. The standard InChI is InChI=1S/C42H59N7O6/c1-7-12-31(35(50)40(54)45-26(3)27-19-17-25(2)18-20-27)46-39(53)34-30-16-11-15-29(30)24-49(34)41(55)36(42(4,5)6)48-38(52)33(28-13-9-8-10-14-28)47-37(51)32-23-43-21-22-44-32/h17-23,26,28-31,33-34,36H,7-16,24H2,1-6H3,(H,45,54)(H,46,53)(H,47,51)(H,48,52)/t26-,29-,30-,31-,33-,34-,36+/m0/s1. The van der Waals surface area contributed by atoms with Crippen molar-refractivity contribution in [2.24, 2.45) is 23.2 Å². The second-order valence-corrected chi connectivity index (χ2v) is 16.9. The number of benzene rings is 1. The highest BCUT2D eigenvalue weighted by Crippen LogP contribution is 2.43. The average molecular weight is 758 g/mol. The van der Waals surface area contributed by atoms with Crippen LogP contribution < -0.4 is 21.3 Å². The summed E-state index contributed by atoms with van der Waals surface area (Å²) in [4.78, 5) is 93.0. The van der Waals surface area contributed by atoms with Crippen LogP contribution in [-0.2, 0) is 24.0 Å². The van der Waals surface area contributed by atoms with Crippen LogP contribution in [0.5, 0.6) is 0 Å². The lowest BCUT2D eigenvalue weighted by molar-refractivity contribution is -0.146. The minimum atomic E-state index is -1.06. The summed E-state index contributed by atoms with van der Waals surface area (Å²) in [6.45, 7) is 11.6. The van der Waals surface area contributed by atoms with E-state index in [1.54, 1.807) is 11.8 Å². The Morgan fingerprint density at radius 1 is 0.873 bits per heavy atom. The number of amides is 5. The van der Waals surface area contributed by atoms with Crippen molar-refractivity contribution in [1.29, 1.82) is 0 Å². The van der Waals surface area contributed by atoms with Gasteiger partial charge in [-0.3, -0.25) is 33.8 Å². The molecule has 2 aliphatic carbocycles. The highest BCUT2D eigenvalue weighted by atomic mass is 16.2. The molecule has 5 rings (SSSR count). The number of ketones is 1. The Kier molecular flexibility index (Phi) is 13.8. The number of hydrogen-bond donors (Lipinski definition) is 4. The zero-order valence-electron chi connectivity index (χ0n) is 33.2. The molecule has 0 bridgehead atoms. The van der Waals surface area contributed by atoms with Gasteiger partial charge in [0.15, 0.2) is 0 Å². The van der Waals surface area contributed by atoms with Gasteiger partial charge in [0, 0.05) is 18.9 Å². The van der Waals surface area contributed by atoms with Gasteiger partial charge in [-0.25, -0.2) is 4.98 Å². The summed E-state index contributed by atoms with van der Waals surface area (Å²) in [5.74, 6) is -3.49. The van der Waals surface area contributed by atoms with Gasteiger partial charge in [-0.2, -0.15) is 0 Å². The molecule has 55 heavy (non-hydrogen) atoms. The third-order valence-corrected chi connectivity index (χ3v) is 11.7. The van der Waals surface area contributed by atoms with Crippen LogP contribution in [0.3, 0.4) is 0 Å². The number of rotatable bonds is 14. The highest BCUT2D eigenvalue weighted by molar-refractivity contribution is 6.38. The highest BCUT2D eigenvalue weighted by Gasteiger charge is 2.52. The molecule has 0 spiro atoms. The molecule has 0 radical (unpaired) electrons. The Labute approximate surface area is 325 Å². The van der Waals surface area contributed by atoms with E-state index in [-0.39, 0.29) is 35.8 Å². The van der Waals surface area contributed by atoms with E-state index in [2.05, 4.69) is 31.2 Å². The largest absolute Gasteiger partial charge is 0.344 e. The summed E-state index contributed by atoms with van der Waals surface area (Å²) >= 11 is 0. The van der Waals surface area contributed by atoms with Crippen molar-refractivity contribution < 1.29 is 28.8 Å². The summed E-state index contributed by atoms with van der Waals surface area (Å²) in [5, 5.41) is 11.6. The topological polar surface area (TPSA) is 180 Å². The van der Waals surface area contributed by atoms with Gasteiger partial charge in [-0.15, -0.1) is 0 Å². The molecule has 13 nitrogen and oxygen atoms in total. The predicted molar refractivity (Wildman–Crippen MR) is 207 cm³/mol. The van der Waals surface area contributed by atoms with Crippen molar-refractivity contribution in [3.05, 3.63) is 59.7 Å². The number of carbonyl (C=O) groups is 6. The monoisotopic (exact) mass is 757 g/mol. The molecule has 13 heteroatoms. The number of aryl methyl sites for hydroxylation is 1. The lowest BCUT2D eigenvalue weighted by atomic mass is 9.82. The van der Waals surface area contributed by atoms with E-state index in [0.29, 0.717) is 13.0 Å². The van der Waals surface area contributed by atoms with Gasteiger partial charge in [0.2, 0.25) is 23.5 Å². The SMILES string of the molecule is CCC[C@H](NC(=O)[C@@H]1[C@H]2CCC[C@H]2CN1C(=O)[C@@H](NC(=O)[C@@H](NC(=O)c1cnccn1)C1CCCCC1)C(C)(C)C)C(=O)C(=O)N[C@@H](C)c1ccc(C)cc1. The number of fused-ring (bicyclic) bond motifs is 1. The normalized spacial score (nSPS) is 22.1. The van der Waals surface area contributed by atoms with Crippen LogP contribution in [0, 0.1) is 30.1 Å². The number of nitrogens with zero attached hydrogens (tertiary/aromatic N) is 3. The number of carbonyl (C=O) groups excluding carboxylic acids is 6. The van der Waals surface area contributed by atoms with E-state index >= 15 is 0 Å². The van der Waals surface area contributed by atoms with Crippen molar-refractivity contribution in [2.75, 3.05) is 6.54 Å². The molecule has 1 aliphatic heterocycles. The van der Waals surface area contributed by atoms with Gasteiger partial charge in [-0.05, 0) is 74.7 Å². The summed E-state index contributed by atoms with van der Waals surface area (Å²) in [7, 11) is 0. The molecule has 298 valence electrons. The summed E-state index contributed by atoms with van der Waals surface area (Å²) in [6, 6.07) is 3.42. The molecule has 4 N–H and O–H groups in total. The second kappa shape index (κ2) is 18.3. The van der Waals surface area contributed by atoms with Crippen molar-refractivity contribution in [3.8, 4) is 0 Å². The summed E-state index contributed by atoms with van der Waals surface area (Å²) in [5.41, 5.74) is 1.27. The third kappa shape index (κ3) is 10.1. The number of nitrogens with one attached hydrogen (secondary N) is 4. The number of aromatic nitrogens is 2. The van der Waals surface area contributed by atoms with Crippen molar-refractivity contribution >= 4 is 35.3 Å². The maximum atomic E-state index is 14.7. The Balaban J connectivity index is 1.34. The molecule has 1 aromatic heterocycles. The van der Waals surface area contributed by atoms with E-state index in [9.17, 15) is 28.8 Å². The van der Waals surface area contributed by atoms with E-state index in [4.69, 9.17) is 0 Å². The maximum absolute atomic E-state index is 14.7. The average Bonchev–Trinajstić information content (AvgIpc) is 3.77. The van der Waals surface area contributed by atoms with E-state index < -0.39 is 65.0 Å². The predicted octanol–water partition coefficient (Wildman–Crippen LogP) is 4.35. The molecular weight excluding hydrogens is 699 g/mol. The molecule has 2 aromatic rings. The molecule has 3 aliphatic rings. The number of likely N-dealkylation sites (tertiary alicyclic amines) is 1. The lowest BCUT2D eigenvalue weighted by Crippen LogP contribution is -2.62. The third-order valence-electron chi connectivity index (χ3n) is 11.7. The van der Waals surface area contributed by atoms with Crippen molar-refractivity contribution in [2.45, 2.75) is 136 Å². The van der Waals surface area contributed by atoms with E-state index in [0.717, 1.165) is 62.5 Å². The number of hydrogen-bond acceptors (Lipinski definition) is 8. The van der Waals surface area contributed by atoms with Crippen molar-refractivity contribution in [3.63, 3.8) is 0 Å². The summed E-state index contributed by atoms with van der Waals surface area (Å²) < 4.78 is 0. The first-order valence-electron chi connectivity index (χ1n) is 20.1. The molecule has 1 aromatic carbocycles. The minimum Gasteiger partial charge on any atom is -0.344 e. The smallest absolute Gasteiger partial charge is 0.290 e. The van der Waals surface area contributed by atoms with Gasteiger partial charge in [0.1, 0.15) is 23.8 Å². The molecular formula is C42H59N7O6. The second-order valence-electron chi connectivity index (χ2n) is 16.9. The molecule has 1 saturated heterocycles. The molecule has 0 unspecified atom stereocenters. The molecule has 5 amide bonds. The first-order chi connectivity index (χ1) is 26.2. The fraction of sp³-hybridized carbons (Fsp3) is 0.619. The Hall–Kier alpha value is -4.68. The Morgan fingerprint density at radius 3 is 2.22 bits per heavy atom. The van der Waals surface area contributed by atoms with Crippen LogP contribution in [0.1, 0.15) is 126 Å². The summed E-state index contributed by atoms with van der Waals surface area (Å²) in [6.07, 6.45) is 12.0. The first kappa shape index (κ1) is 41.5. The molecule has 7 atom stereocenters. The zero-order chi connectivity index (χ0) is 39.9. The van der Waals surface area contributed by atoms with Gasteiger partial charge in [-0.1, -0.05) is 89.6 Å². The Bertz CT molecular complexity index is 1690. The van der Waals surface area contributed by atoms with E-state index in [1.165, 1.54) is 18.6 Å². The van der Waals surface area contributed by atoms with Crippen LogP contribution in [0.15, 0.2) is 42.9 Å². The quantitative estimate of drug-likeness (QED) is 0.206. The van der Waals surface area contributed by atoms with Crippen LogP contribution in [0.2, 0.25) is 0 Å². The van der Waals surface area contributed by atoms with Gasteiger partial charge >= 0.3 is 0 Å². The van der Waals surface area contributed by atoms with Crippen molar-refractivity contribution in [1.82, 2.24) is 36.1 Å². The Morgan fingerprint density at radius 2 is 1.58 bits per heavy atom. The van der Waals surface area contributed by atoms with Crippen LogP contribution in [0.25, 0.3) is 0 Å². The van der Waals surface area contributed by atoms with Crippen LogP contribution >= 0.6 is 0 Å². The minimum absolute atomic E-state index is 0.0927. The zero-order valence-corrected chi connectivity index (χ0v) is 33.2. The van der Waals surface area contributed by atoms with Gasteiger partial charge in [0.25, 0.3) is 11.8 Å². The van der Waals surface area contributed by atoms with Crippen LogP contribution in [-0.4, -0.2) is 80.9 Å². The lowest BCUT2D eigenvalue weighted by Gasteiger charge is -2.38. The van der Waals surface area contributed by atoms with Gasteiger partial charge < -0.3 is 26.2 Å². The number of Topliss-reactive ketones (excluding diaryl/α,β-unsaturated/α-hetero) is 1. The molecule has 2 saturated carbocycles. The van der Waals surface area contributed by atoms with Gasteiger partial charge in [0.05, 0.1) is 18.3 Å². The molecule has 2 heterocycles.